The molecule has 2 heteroatoms. The Morgan fingerprint density at radius 3 is 1.86 bits per heavy atom. The molecule has 0 saturated heterocycles. The van der Waals surface area contributed by atoms with Gasteiger partial charge in [-0.1, -0.05) is 47.6 Å². The van der Waals surface area contributed by atoms with E-state index in [2.05, 4.69) is 65.8 Å². The average Bonchev–Trinajstić information content (AvgIpc) is 2.36. The minimum Gasteiger partial charge on any atom is -0.494 e. The summed E-state index contributed by atoms with van der Waals surface area (Å²) >= 11 is 0. The van der Waals surface area contributed by atoms with Crippen LogP contribution >= 0.6 is 0 Å². The summed E-state index contributed by atoms with van der Waals surface area (Å²) in [5.74, 6) is 0.948. The van der Waals surface area contributed by atoms with Crippen LogP contribution in [0.4, 0.5) is 0 Å². The van der Waals surface area contributed by atoms with Gasteiger partial charge in [0.05, 0.1) is 12.7 Å². The van der Waals surface area contributed by atoms with Gasteiger partial charge in [0, 0.05) is 6.42 Å². The minimum absolute atomic E-state index is 0.111. The van der Waals surface area contributed by atoms with Crippen LogP contribution in [0.25, 0.3) is 0 Å². The van der Waals surface area contributed by atoms with Crippen LogP contribution in [0.1, 0.15) is 71.9 Å². The molecule has 1 aromatic carbocycles. The van der Waals surface area contributed by atoms with Crippen LogP contribution in [0.15, 0.2) is 18.2 Å². The van der Waals surface area contributed by atoms with Crippen molar-refractivity contribution in [3.05, 3.63) is 29.3 Å². The topological polar surface area (TPSA) is 33.0 Å². The predicted octanol–water partition coefficient (Wildman–Crippen LogP) is 5.35. The first-order valence-corrected chi connectivity index (χ1v) is 7.80. The first-order chi connectivity index (χ1) is 9.64. The van der Waals surface area contributed by atoms with Gasteiger partial charge in [-0.25, -0.2) is 0 Å². The Balaban J connectivity index is 2.91. The Hall–Kier alpha value is -1.49. The molecule has 0 fully saturated rings. The van der Waals surface area contributed by atoms with E-state index in [9.17, 15) is 0 Å². The highest BCUT2D eigenvalue weighted by atomic mass is 16.5. The van der Waals surface area contributed by atoms with Gasteiger partial charge in [0.25, 0.3) is 0 Å². The average molecular weight is 287 g/mol. The Morgan fingerprint density at radius 1 is 0.905 bits per heavy atom. The third kappa shape index (κ3) is 5.79. The van der Waals surface area contributed by atoms with Crippen LogP contribution in [-0.4, -0.2) is 6.61 Å². The molecule has 0 aliphatic carbocycles. The zero-order chi connectivity index (χ0) is 16.1. The second kappa shape index (κ2) is 6.98. The van der Waals surface area contributed by atoms with Crippen molar-refractivity contribution >= 4 is 0 Å². The molecule has 0 bridgehead atoms. The summed E-state index contributed by atoms with van der Waals surface area (Å²) < 4.78 is 5.91. The van der Waals surface area contributed by atoms with Gasteiger partial charge in [-0.3, -0.25) is 0 Å². The lowest BCUT2D eigenvalue weighted by atomic mass is 9.80. The molecule has 0 radical (unpaired) electrons. The smallest absolute Gasteiger partial charge is 0.119 e. The molecule has 0 saturated carbocycles. The maximum Gasteiger partial charge on any atom is 0.119 e. The van der Waals surface area contributed by atoms with Crippen LogP contribution in [-0.2, 0) is 10.8 Å². The largest absolute Gasteiger partial charge is 0.494 e. The summed E-state index contributed by atoms with van der Waals surface area (Å²) in [4.78, 5) is 0. The molecule has 0 aliphatic heterocycles. The Labute approximate surface area is 130 Å². The molecule has 0 unspecified atom stereocenters. The van der Waals surface area contributed by atoms with Gasteiger partial charge in [-0.15, -0.1) is 0 Å². The van der Waals surface area contributed by atoms with Crippen molar-refractivity contribution in [2.24, 2.45) is 0 Å². The fourth-order valence-electron chi connectivity index (χ4n) is 2.04. The van der Waals surface area contributed by atoms with E-state index in [1.807, 2.05) is 0 Å². The van der Waals surface area contributed by atoms with Crippen molar-refractivity contribution in [3.8, 4) is 11.8 Å². The van der Waals surface area contributed by atoms with Crippen LogP contribution < -0.4 is 4.74 Å². The first kappa shape index (κ1) is 17.6. The first-order valence-electron chi connectivity index (χ1n) is 7.80. The molecular formula is C19H29NO. The van der Waals surface area contributed by atoms with E-state index in [0.29, 0.717) is 13.0 Å². The maximum atomic E-state index is 8.54. The molecule has 0 heterocycles. The summed E-state index contributed by atoms with van der Waals surface area (Å²) in [6.07, 6.45) is 2.44. The molecule has 0 aromatic heterocycles. The van der Waals surface area contributed by atoms with Gasteiger partial charge in [-0.2, -0.15) is 5.26 Å². The number of nitriles is 1. The van der Waals surface area contributed by atoms with Gasteiger partial charge >= 0.3 is 0 Å². The Bertz CT molecular complexity index is 466. The lowest BCUT2D eigenvalue weighted by molar-refractivity contribution is 0.306. The summed E-state index contributed by atoms with van der Waals surface area (Å²) in [6.45, 7) is 14.0. The number of hydrogen-bond acceptors (Lipinski definition) is 2. The maximum absolute atomic E-state index is 8.54. The van der Waals surface area contributed by atoms with Crippen molar-refractivity contribution in [1.29, 1.82) is 5.26 Å². The number of ether oxygens (including phenoxy) is 1. The second-order valence-electron chi connectivity index (χ2n) is 7.71. The van der Waals surface area contributed by atoms with Gasteiger partial charge in [0.2, 0.25) is 0 Å². The van der Waals surface area contributed by atoms with E-state index >= 15 is 0 Å². The number of hydrogen-bond donors (Lipinski definition) is 0. The number of rotatable bonds is 5. The zero-order valence-electron chi connectivity index (χ0n) is 14.4. The van der Waals surface area contributed by atoms with Crippen molar-refractivity contribution in [3.63, 3.8) is 0 Å². The second-order valence-corrected chi connectivity index (χ2v) is 7.71. The van der Waals surface area contributed by atoms with Crippen molar-refractivity contribution in [1.82, 2.24) is 0 Å². The Morgan fingerprint density at radius 2 is 1.43 bits per heavy atom. The lowest BCUT2D eigenvalue weighted by Gasteiger charge is -2.26. The normalized spacial score (nSPS) is 12.0. The molecule has 0 spiro atoms. The number of benzene rings is 1. The monoisotopic (exact) mass is 287 g/mol. The standard InChI is InChI=1S/C19H29NO/c1-18(2,3)15-12-16(19(4,5)6)14-17(13-15)21-11-9-7-8-10-20/h12-14H,7-9,11H2,1-6H3. The summed E-state index contributed by atoms with van der Waals surface area (Å²) in [7, 11) is 0. The molecule has 1 rings (SSSR count). The zero-order valence-corrected chi connectivity index (χ0v) is 14.4. The van der Waals surface area contributed by atoms with E-state index in [1.165, 1.54) is 11.1 Å². The van der Waals surface area contributed by atoms with E-state index in [1.54, 1.807) is 0 Å². The van der Waals surface area contributed by atoms with Crippen molar-refractivity contribution in [2.75, 3.05) is 6.61 Å². The van der Waals surface area contributed by atoms with E-state index in [0.717, 1.165) is 18.6 Å². The number of unbranched alkanes of at least 4 members (excludes halogenated alkanes) is 2. The minimum atomic E-state index is 0.111. The molecule has 21 heavy (non-hydrogen) atoms. The fourth-order valence-corrected chi connectivity index (χ4v) is 2.04. The van der Waals surface area contributed by atoms with Gasteiger partial charge in [-0.05, 0) is 46.9 Å². The van der Waals surface area contributed by atoms with E-state index in [-0.39, 0.29) is 10.8 Å². The van der Waals surface area contributed by atoms with Crippen LogP contribution in [0.2, 0.25) is 0 Å². The van der Waals surface area contributed by atoms with Gasteiger partial charge in [0.15, 0.2) is 0 Å². The highest BCUT2D eigenvalue weighted by molar-refractivity contribution is 5.40. The molecule has 116 valence electrons. The quantitative estimate of drug-likeness (QED) is 0.683. The number of nitrogens with zero attached hydrogens (tertiary/aromatic N) is 1. The van der Waals surface area contributed by atoms with E-state index < -0.39 is 0 Å². The van der Waals surface area contributed by atoms with Crippen LogP contribution in [0.5, 0.6) is 5.75 Å². The molecule has 0 N–H and O–H groups in total. The highest BCUT2D eigenvalue weighted by Gasteiger charge is 2.20. The summed E-state index contributed by atoms with van der Waals surface area (Å²) in [5, 5.41) is 8.54. The SMILES string of the molecule is CC(C)(C)c1cc(OCCCCC#N)cc(C(C)(C)C)c1. The van der Waals surface area contributed by atoms with Gasteiger partial charge < -0.3 is 4.74 Å². The molecular weight excluding hydrogens is 258 g/mol. The third-order valence-corrected chi connectivity index (χ3v) is 3.59. The van der Waals surface area contributed by atoms with Crippen LogP contribution in [0.3, 0.4) is 0 Å². The van der Waals surface area contributed by atoms with Gasteiger partial charge in [0.1, 0.15) is 5.75 Å². The molecule has 1 aromatic rings. The van der Waals surface area contributed by atoms with Crippen molar-refractivity contribution in [2.45, 2.75) is 71.6 Å². The fraction of sp³-hybridized carbons (Fsp3) is 0.632. The summed E-state index contributed by atoms with van der Waals surface area (Å²) in [6, 6.07) is 8.77. The summed E-state index contributed by atoms with van der Waals surface area (Å²) in [5.41, 5.74) is 2.84. The Kier molecular flexibility index (Phi) is 5.84. The van der Waals surface area contributed by atoms with E-state index in [4.69, 9.17) is 10.00 Å². The molecule has 2 nitrogen and oxygen atoms in total. The molecule has 0 aliphatic rings. The third-order valence-electron chi connectivity index (χ3n) is 3.59. The van der Waals surface area contributed by atoms with Crippen molar-refractivity contribution < 1.29 is 4.74 Å². The highest BCUT2D eigenvalue weighted by Crippen LogP contribution is 2.32. The van der Waals surface area contributed by atoms with Crippen LogP contribution in [0, 0.1) is 11.3 Å². The molecule has 0 atom stereocenters. The lowest BCUT2D eigenvalue weighted by Crippen LogP contribution is -2.16. The molecule has 0 amide bonds. The predicted molar refractivity (Wildman–Crippen MR) is 88.8 cm³/mol.